The summed E-state index contributed by atoms with van der Waals surface area (Å²) >= 11 is 0. The molecular formula is C20H17FN4O6. The van der Waals surface area contributed by atoms with Crippen molar-refractivity contribution in [2.45, 2.75) is 0 Å². The molecule has 3 aromatic rings. The van der Waals surface area contributed by atoms with Gasteiger partial charge in [0.15, 0.2) is 11.6 Å². The van der Waals surface area contributed by atoms with Crippen LogP contribution in [0.5, 0.6) is 11.5 Å². The van der Waals surface area contributed by atoms with Crippen LogP contribution in [0.2, 0.25) is 0 Å². The summed E-state index contributed by atoms with van der Waals surface area (Å²) in [4.78, 5) is 30.6. The number of nitrogens with zero attached hydrogens (tertiary/aromatic N) is 2. The van der Waals surface area contributed by atoms with E-state index in [1.807, 2.05) is 0 Å². The third-order valence-electron chi connectivity index (χ3n) is 4.12. The molecule has 1 aromatic heterocycles. The molecule has 2 aromatic carbocycles. The molecule has 0 aliphatic carbocycles. The van der Waals surface area contributed by atoms with E-state index >= 15 is 0 Å². The monoisotopic (exact) mass is 428 g/mol. The van der Waals surface area contributed by atoms with E-state index in [9.17, 15) is 24.2 Å². The lowest BCUT2D eigenvalue weighted by Gasteiger charge is -2.12. The number of hydrogen-bond donors (Lipinski definition) is 4. The van der Waals surface area contributed by atoms with Gasteiger partial charge in [-0.15, -0.1) is 0 Å². The zero-order valence-corrected chi connectivity index (χ0v) is 16.3. The minimum atomic E-state index is -1.21. The number of ether oxygens (including phenoxy) is 2. The van der Waals surface area contributed by atoms with Gasteiger partial charge in [-0.3, -0.25) is 0 Å². The molecule has 0 unspecified atom stereocenters. The van der Waals surface area contributed by atoms with Crippen LogP contribution in [0.15, 0.2) is 42.6 Å². The van der Waals surface area contributed by atoms with E-state index in [4.69, 9.17) is 9.47 Å². The van der Waals surface area contributed by atoms with Crippen molar-refractivity contribution >= 4 is 35.1 Å². The van der Waals surface area contributed by atoms with Gasteiger partial charge in [0.2, 0.25) is 5.95 Å². The average Bonchev–Trinajstić information content (AvgIpc) is 2.75. The van der Waals surface area contributed by atoms with Crippen molar-refractivity contribution in [2.24, 2.45) is 0 Å². The molecule has 0 saturated carbocycles. The summed E-state index contributed by atoms with van der Waals surface area (Å²) in [6.45, 7) is 0. The lowest BCUT2D eigenvalue weighted by Crippen LogP contribution is -2.06. The Balaban J connectivity index is 1.88. The van der Waals surface area contributed by atoms with Crippen LogP contribution in [0.25, 0.3) is 0 Å². The Morgan fingerprint density at radius 1 is 0.903 bits per heavy atom. The fourth-order valence-corrected chi connectivity index (χ4v) is 2.69. The predicted molar refractivity (Wildman–Crippen MR) is 108 cm³/mol. The van der Waals surface area contributed by atoms with Crippen LogP contribution in [-0.4, -0.2) is 46.3 Å². The smallest absolute Gasteiger partial charge is 0.339 e. The van der Waals surface area contributed by atoms with Crippen LogP contribution in [0.4, 0.5) is 27.5 Å². The molecule has 1 heterocycles. The topological polar surface area (TPSA) is 143 Å². The molecule has 160 valence electrons. The van der Waals surface area contributed by atoms with Gasteiger partial charge in [0.1, 0.15) is 22.6 Å². The maximum Gasteiger partial charge on any atom is 0.339 e. The van der Waals surface area contributed by atoms with E-state index in [0.717, 1.165) is 6.20 Å². The van der Waals surface area contributed by atoms with Gasteiger partial charge in [-0.05, 0) is 36.4 Å². The van der Waals surface area contributed by atoms with Crippen molar-refractivity contribution in [1.29, 1.82) is 0 Å². The third-order valence-corrected chi connectivity index (χ3v) is 4.12. The lowest BCUT2D eigenvalue weighted by atomic mass is 10.1. The zero-order valence-electron chi connectivity index (χ0n) is 16.3. The molecule has 0 aliphatic rings. The van der Waals surface area contributed by atoms with E-state index in [2.05, 4.69) is 20.6 Å². The molecule has 0 bridgehead atoms. The highest BCUT2D eigenvalue weighted by atomic mass is 19.1. The molecule has 31 heavy (non-hydrogen) atoms. The number of methoxy groups -OCH3 is 2. The highest BCUT2D eigenvalue weighted by Crippen LogP contribution is 2.27. The second kappa shape index (κ2) is 8.95. The summed E-state index contributed by atoms with van der Waals surface area (Å²) in [6.07, 6.45) is 0.918. The van der Waals surface area contributed by atoms with Gasteiger partial charge in [-0.2, -0.15) is 4.98 Å². The average molecular weight is 428 g/mol. The summed E-state index contributed by atoms with van der Waals surface area (Å²) in [5.41, 5.74) is 0.417. The van der Waals surface area contributed by atoms with Crippen molar-refractivity contribution in [3.63, 3.8) is 0 Å². The summed E-state index contributed by atoms with van der Waals surface area (Å²) in [5.74, 6) is -3.08. The predicted octanol–water partition coefficient (Wildman–Crippen LogP) is 3.52. The van der Waals surface area contributed by atoms with Crippen molar-refractivity contribution < 1.29 is 33.7 Å². The largest absolute Gasteiger partial charge is 0.496 e. The first-order valence-electron chi connectivity index (χ1n) is 8.71. The molecule has 0 fully saturated rings. The van der Waals surface area contributed by atoms with E-state index in [-0.39, 0.29) is 40.1 Å². The SMILES string of the molecule is COc1ccc(Nc2ncc(F)c(Nc3ccc(OC)c(C(=O)O)c3)n2)cc1C(=O)O. The summed E-state index contributed by atoms with van der Waals surface area (Å²) in [7, 11) is 2.69. The van der Waals surface area contributed by atoms with Gasteiger partial charge in [-0.1, -0.05) is 0 Å². The number of aromatic nitrogens is 2. The first kappa shape index (κ1) is 21.3. The number of halogens is 1. The standard InChI is InChI=1S/C20H17FN4O6/c1-30-15-5-3-10(7-12(15)18(26)27)23-17-14(21)9-22-20(25-17)24-11-4-6-16(31-2)13(8-11)19(28)29/h3-9H,1-2H3,(H,26,27)(H,28,29)(H2,22,23,24,25). The van der Waals surface area contributed by atoms with Crippen molar-refractivity contribution in [1.82, 2.24) is 9.97 Å². The molecule has 0 spiro atoms. The number of carboxylic acid groups (broad SMARTS) is 2. The highest BCUT2D eigenvalue weighted by molar-refractivity contribution is 5.93. The van der Waals surface area contributed by atoms with Crippen molar-refractivity contribution in [3.05, 3.63) is 59.5 Å². The van der Waals surface area contributed by atoms with Crippen molar-refractivity contribution in [2.75, 3.05) is 24.9 Å². The van der Waals surface area contributed by atoms with Gasteiger partial charge >= 0.3 is 11.9 Å². The normalized spacial score (nSPS) is 10.3. The minimum Gasteiger partial charge on any atom is -0.496 e. The maximum absolute atomic E-state index is 14.2. The van der Waals surface area contributed by atoms with Gasteiger partial charge in [-0.25, -0.2) is 19.0 Å². The maximum atomic E-state index is 14.2. The zero-order chi connectivity index (χ0) is 22.5. The van der Waals surface area contributed by atoms with Crippen LogP contribution in [0.1, 0.15) is 20.7 Å². The molecule has 0 radical (unpaired) electrons. The minimum absolute atomic E-state index is 0.0163. The Morgan fingerprint density at radius 3 is 1.90 bits per heavy atom. The van der Waals surface area contributed by atoms with Gasteiger partial charge in [0.25, 0.3) is 0 Å². The van der Waals surface area contributed by atoms with Gasteiger partial charge in [0.05, 0.1) is 20.4 Å². The van der Waals surface area contributed by atoms with Gasteiger partial charge < -0.3 is 30.3 Å². The molecule has 0 atom stereocenters. The second-order valence-electron chi connectivity index (χ2n) is 6.08. The van der Waals surface area contributed by atoms with Gasteiger partial charge in [0, 0.05) is 11.4 Å². The number of carbonyl (C=O) groups is 2. The number of rotatable bonds is 8. The van der Waals surface area contributed by atoms with Crippen LogP contribution >= 0.6 is 0 Å². The Labute approximate surface area is 175 Å². The summed E-state index contributed by atoms with van der Waals surface area (Å²) in [6, 6.07) is 8.53. The second-order valence-corrected chi connectivity index (χ2v) is 6.08. The summed E-state index contributed by atoms with van der Waals surface area (Å²) in [5, 5.41) is 24.0. The summed E-state index contributed by atoms with van der Waals surface area (Å²) < 4.78 is 24.2. The van der Waals surface area contributed by atoms with E-state index in [1.54, 1.807) is 6.07 Å². The first-order chi connectivity index (χ1) is 14.8. The lowest BCUT2D eigenvalue weighted by molar-refractivity contribution is 0.0682. The number of hydrogen-bond acceptors (Lipinski definition) is 8. The van der Waals surface area contributed by atoms with Crippen LogP contribution < -0.4 is 20.1 Å². The van der Waals surface area contributed by atoms with Crippen LogP contribution in [0.3, 0.4) is 0 Å². The third kappa shape index (κ3) is 4.78. The fraction of sp³-hybridized carbons (Fsp3) is 0.100. The molecular weight excluding hydrogens is 411 g/mol. The van der Waals surface area contributed by atoms with E-state index < -0.39 is 17.8 Å². The number of carboxylic acids is 2. The number of anilines is 4. The molecule has 0 aliphatic heterocycles. The number of nitrogens with one attached hydrogen (secondary N) is 2. The Kier molecular flexibility index (Phi) is 6.15. The Hall–Kier alpha value is -4.41. The van der Waals surface area contributed by atoms with Crippen LogP contribution in [0, 0.1) is 5.82 Å². The Morgan fingerprint density at radius 2 is 1.42 bits per heavy atom. The van der Waals surface area contributed by atoms with Crippen molar-refractivity contribution in [3.8, 4) is 11.5 Å². The molecule has 3 rings (SSSR count). The number of benzene rings is 2. The van der Waals surface area contributed by atoms with E-state index in [0.29, 0.717) is 5.69 Å². The van der Waals surface area contributed by atoms with E-state index in [1.165, 1.54) is 44.6 Å². The molecule has 10 nitrogen and oxygen atoms in total. The quantitative estimate of drug-likeness (QED) is 0.421. The molecule has 11 heteroatoms. The molecule has 0 saturated heterocycles. The molecule has 0 amide bonds. The number of aromatic carboxylic acids is 2. The molecule has 4 N–H and O–H groups in total. The highest BCUT2D eigenvalue weighted by Gasteiger charge is 2.15. The fourth-order valence-electron chi connectivity index (χ4n) is 2.69. The Bertz CT molecular complexity index is 1150. The first-order valence-corrected chi connectivity index (χ1v) is 8.71. The van der Waals surface area contributed by atoms with Crippen LogP contribution in [-0.2, 0) is 0 Å².